The van der Waals surface area contributed by atoms with E-state index in [2.05, 4.69) is 10.3 Å². The van der Waals surface area contributed by atoms with Crippen molar-refractivity contribution in [3.63, 3.8) is 0 Å². The third-order valence-electron chi connectivity index (χ3n) is 0.937. The largest absolute Gasteiger partial charge is 0.441 e. The van der Waals surface area contributed by atoms with Gasteiger partial charge in [0.15, 0.2) is 0 Å². The quantitative estimate of drug-likeness (QED) is 0.421. The predicted octanol–water partition coefficient (Wildman–Crippen LogP) is -0.698. The number of hydrogen-bond acceptors (Lipinski definition) is 3. The summed E-state index contributed by atoms with van der Waals surface area (Å²) < 4.78 is 4.89. The summed E-state index contributed by atoms with van der Waals surface area (Å²) >= 11 is 0. The van der Waals surface area contributed by atoms with Gasteiger partial charge in [-0.15, -0.1) is 0 Å². The van der Waals surface area contributed by atoms with E-state index in [4.69, 9.17) is 4.74 Å². The normalized spacial score (nSPS) is 37.3. The van der Waals surface area contributed by atoms with Crippen molar-refractivity contribution in [1.82, 2.24) is 5.32 Å². The molecule has 3 heterocycles. The van der Waals surface area contributed by atoms with Gasteiger partial charge in [-0.1, -0.05) is 0 Å². The SMILES string of the molecule is C1NC2N=C1O2. The standard InChI is InChI=1S/C3H4N2O/c1-2-5-3(4-1)6-2/h3-4H,1H2. The Balaban J connectivity index is 2.39. The molecule has 3 aliphatic heterocycles. The Morgan fingerprint density at radius 3 is 3.00 bits per heavy atom. The van der Waals surface area contributed by atoms with Crippen molar-refractivity contribution in [3.05, 3.63) is 0 Å². The lowest BCUT2D eigenvalue weighted by atomic mass is 10.7. The highest BCUT2D eigenvalue weighted by Gasteiger charge is 2.29. The van der Waals surface area contributed by atoms with Gasteiger partial charge < -0.3 is 4.74 Å². The number of aliphatic imine (C=N–C) groups is 1. The molecule has 0 aliphatic carbocycles. The molecule has 0 aromatic rings. The summed E-state index contributed by atoms with van der Waals surface area (Å²) in [6.45, 7) is 0.838. The molecule has 1 saturated heterocycles. The highest BCUT2D eigenvalue weighted by atomic mass is 16.6. The molecular weight excluding hydrogens is 80.0 g/mol. The van der Waals surface area contributed by atoms with E-state index >= 15 is 0 Å². The van der Waals surface area contributed by atoms with Crippen LogP contribution in [0.4, 0.5) is 0 Å². The van der Waals surface area contributed by atoms with Gasteiger partial charge in [0.25, 0.3) is 6.35 Å². The molecule has 3 aliphatic rings. The first-order valence-electron chi connectivity index (χ1n) is 1.92. The molecule has 1 fully saturated rings. The van der Waals surface area contributed by atoms with Crippen molar-refractivity contribution in [2.45, 2.75) is 6.35 Å². The minimum absolute atomic E-state index is 0.0278. The average molecular weight is 84.1 g/mol. The van der Waals surface area contributed by atoms with Crippen molar-refractivity contribution in [3.8, 4) is 0 Å². The van der Waals surface area contributed by atoms with Crippen LogP contribution in [-0.2, 0) is 4.74 Å². The molecule has 32 valence electrons. The monoisotopic (exact) mass is 84.0 g/mol. The van der Waals surface area contributed by atoms with E-state index in [1.54, 1.807) is 0 Å². The summed E-state index contributed by atoms with van der Waals surface area (Å²) in [5.74, 6) is 0.861. The van der Waals surface area contributed by atoms with Crippen molar-refractivity contribution in [2.75, 3.05) is 6.54 Å². The molecule has 0 radical (unpaired) electrons. The molecule has 3 rings (SSSR count). The van der Waals surface area contributed by atoms with E-state index in [0.717, 1.165) is 12.4 Å². The summed E-state index contributed by atoms with van der Waals surface area (Å²) in [6, 6.07) is 0. The molecule has 0 aromatic carbocycles. The summed E-state index contributed by atoms with van der Waals surface area (Å²) in [5.41, 5.74) is 0. The van der Waals surface area contributed by atoms with Gasteiger partial charge in [-0.3, -0.25) is 5.32 Å². The molecule has 0 spiro atoms. The maximum absolute atomic E-state index is 4.89. The van der Waals surface area contributed by atoms with Crippen molar-refractivity contribution >= 4 is 5.90 Å². The number of hydrogen-bond donors (Lipinski definition) is 1. The van der Waals surface area contributed by atoms with Crippen LogP contribution in [-0.4, -0.2) is 18.8 Å². The zero-order chi connectivity index (χ0) is 3.98. The topological polar surface area (TPSA) is 33.6 Å². The predicted molar refractivity (Wildman–Crippen MR) is 20.3 cm³/mol. The smallest absolute Gasteiger partial charge is 0.252 e. The van der Waals surface area contributed by atoms with Gasteiger partial charge in [0, 0.05) is 0 Å². The maximum atomic E-state index is 4.89. The minimum Gasteiger partial charge on any atom is -0.441 e. The summed E-state index contributed by atoms with van der Waals surface area (Å²) in [6.07, 6.45) is 0.0278. The molecule has 3 heteroatoms. The summed E-state index contributed by atoms with van der Waals surface area (Å²) in [5, 5.41) is 2.97. The second-order valence-electron chi connectivity index (χ2n) is 1.37. The van der Waals surface area contributed by atoms with Crippen LogP contribution in [0.3, 0.4) is 0 Å². The summed E-state index contributed by atoms with van der Waals surface area (Å²) in [4.78, 5) is 3.92. The minimum atomic E-state index is 0.0278. The van der Waals surface area contributed by atoms with E-state index in [-0.39, 0.29) is 6.35 Å². The van der Waals surface area contributed by atoms with Crippen LogP contribution in [0.25, 0.3) is 0 Å². The number of fused-ring (bicyclic) bond motifs is 1. The van der Waals surface area contributed by atoms with Gasteiger partial charge in [-0.05, 0) is 0 Å². The second kappa shape index (κ2) is 0.586. The van der Waals surface area contributed by atoms with Gasteiger partial charge in [-0.25, -0.2) is 0 Å². The Kier molecular flexibility index (Phi) is 0.252. The number of nitrogens with one attached hydrogen (secondary N) is 1. The van der Waals surface area contributed by atoms with E-state index in [0.29, 0.717) is 0 Å². The molecule has 0 amide bonds. The van der Waals surface area contributed by atoms with E-state index in [1.165, 1.54) is 0 Å². The van der Waals surface area contributed by atoms with Gasteiger partial charge in [0.05, 0.1) is 6.54 Å². The fraction of sp³-hybridized carbons (Fsp3) is 0.667. The Hall–Kier alpha value is -0.570. The first kappa shape index (κ1) is 2.58. The number of ether oxygens (including phenoxy) is 1. The fourth-order valence-electron chi connectivity index (χ4n) is 0.616. The highest BCUT2D eigenvalue weighted by molar-refractivity contribution is 5.84. The highest BCUT2D eigenvalue weighted by Crippen LogP contribution is 2.10. The molecule has 0 saturated carbocycles. The lowest BCUT2D eigenvalue weighted by Crippen LogP contribution is -2.21. The Morgan fingerprint density at radius 1 is 2.00 bits per heavy atom. The fourth-order valence-corrected chi connectivity index (χ4v) is 0.616. The molecular formula is C3H4N2O. The van der Waals surface area contributed by atoms with Gasteiger partial charge in [0.1, 0.15) is 0 Å². The van der Waals surface area contributed by atoms with Gasteiger partial charge in [-0.2, -0.15) is 4.99 Å². The summed E-state index contributed by atoms with van der Waals surface area (Å²) in [7, 11) is 0. The Morgan fingerprint density at radius 2 is 2.83 bits per heavy atom. The van der Waals surface area contributed by atoms with Crippen LogP contribution in [0.1, 0.15) is 0 Å². The van der Waals surface area contributed by atoms with E-state index in [1.807, 2.05) is 0 Å². The van der Waals surface area contributed by atoms with Gasteiger partial charge in [0.2, 0.25) is 5.90 Å². The van der Waals surface area contributed by atoms with Crippen LogP contribution < -0.4 is 5.32 Å². The van der Waals surface area contributed by atoms with Crippen LogP contribution in [0, 0.1) is 0 Å². The molecule has 1 atom stereocenters. The third-order valence-corrected chi connectivity index (χ3v) is 0.937. The van der Waals surface area contributed by atoms with Crippen LogP contribution in [0.2, 0.25) is 0 Å². The van der Waals surface area contributed by atoms with Crippen molar-refractivity contribution in [2.24, 2.45) is 4.99 Å². The maximum Gasteiger partial charge on any atom is 0.252 e. The lowest BCUT2D eigenvalue weighted by molar-refractivity contribution is 0.161. The molecule has 1 unspecified atom stereocenters. The second-order valence-corrected chi connectivity index (χ2v) is 1.37. The number of nitrogens with zero attached hydrogens (tertiary/aromatic N) is 1. The van der Waals surface area contributed by atoms with Crippen molar-refractivity contribution < 1.29 is 4.74 Å². The average Bonchev–Trinajstić information content (AvgIpc) is 1.72. The number of rotatable bonds is 0. The van der Waals surface area contributed by atoms with E-state index in [9.17, 15) is 0 Å². The zero-order valence-corrected chi connectivity index (χ0v) is 3.14. The van der Waals surface area contributed by atoms with Crippen LogP contribution in [0.5, 0.6) is 0 Å². The first-order valence-corrected chi connectivity index (χ1v) is 1.92. The van der Waals surface area contributed by atoms with Crippen LogP contribution >= 0.6 is 0 Å². The zero-order valence-electron chi connectivity index (χ0n) is 3.14. The molecule has 2 bridgehead atoms. The Bertz CT molecular complexity index is 105. The third kappa shape index (κ3) is 0.131. The van der Waals surface area contributed by atoms with Crippen molar-refractivity contribution in [1.29, 1.82) is 0 Å². The van der Waals surface area contributed by atoms with Crippen LogP contribution in [0.15, 0.2) is 4.99 Å². The Labute approximate surface area is 35.0 Å². The van der Waals surface area contributed by atoms with E-state index < -0.39 is 0 Å². The molecule has 1 N–H and O–H groups in total. The first-order chi connectivity index (χ1) is 2.95. The molecule has 6 heavy (non-hydrogen) atoms. The van der Waals surface area contributed by atoms with Gasteiger partial charge >= 0.3 is 0 Å². The molecule has 3 nitrogen and oxygen atoms in total. The molecule has 0 aromatic heterocycles. The lowest BCUT2D eigenvalue weighted by Gasteiger charge is -2.10.